The molecule has 3 N–H and O–H groups in total. The first kappa shape index (κ1) is 26.7. The third-order valence-corrected chi connectivity index (χ3v) is 6.82. The van der Waals surface area contributed by atoms with Gasteiger partial charge in [0.1, 0.15) is 11.5 Å². The molecule has 10 nitrogen and oxygen atoms in total. The van der Waals surface area contributed by atoms with Gasteiger partial charge in [-0.15, -0.1) is 0 Å². The molecule has 0 unspecified atom stereocenters. The van der Waals surface area contributed by atoms with Crippen LogP contribution < -0.4 is 20.4 Å². The van der Waals surface area contributed by atoms with Crippen molar-refractivity contribution in [3.63, 3.8) is 0 Å². The van der Waals surface area contributed by atoms with Crippen LogP contribution in [-0.4, -0.2) is 69.4 Å². The summed E-state index contributed by atoms with van der Waals surface area (Å²) in [5, 5.41) is 13.6. The molecule has 14 heteroatoms. The van der Waals surface area contributed by atoms with Gasteiger partial charge in [-0.2, -0.15) is 13.2 Å². The van der Waals surface area contributed by atoms with E-state index in [9.17, 15) is 22.4 Å². The van der Waals surface area contributed by atoms with Crippen molar-refractivity contribution in [2.24, 2.45) is 0 Å². The van der Waals surface area contributed by atoms with E-state index in [0.29, 0.717) is 30.1 Å². The number of anilines is 3. The Balaban J connectivity index is 0.000000392. The van der Waals surface area contributed by atoms with Crippen molar-refractivity contribution < 1.29 is 32.3 Å². The van der Waals surface area contributed by atoms with Gasteiger partial charge in [0.05, 0.1) is 11.4 Å². The van der Waals surface area contributed by atoms with Gasteiger partial charge in [0.2, 0.25) is 0 Å². The number of aromatic nitrogens is 3. The second-order valence-electron chi connectivity index (χ2n) is 9.82. The number of nitrogens with zero attached hydrogens (tertiary/aromatic N) is 5. The minimum atomic E-state index is -5.08. The molecule has 5 heterocycles. The van der Waals surface area contributed by atoms with Gasteiger partial charge >= 0.3 is 18.2 Å². The lowest BCUT2D eigenvalue weighted by atomic mass is 10.2. The Hall–Kier alpha value is -3.94. The van der Waals surface area contributed by atoms with Crippen LogP contribution in [0.2, 0.25) is 0 Å². The molecule has 3 aliphatic rings. The zero-order chi connectivity index (χ0) is 27.9. The number of hydrogen-bond donors (Lipinski definition) is 3. The predicted molar refractivity (Wildman–Crippen MR) is 135 cm³/mol. The third kappa shape index (κ3) is 5.90. The Kier molecular flexibility index (Phi) is 7.05. The number of rotatable bonds is 4. The summed E-state index contributed by atoms with van der Waals surface area (Å²) in [5.74, 6) is -2.60. The molecule has 1 saturated heterocycles. The molecule has 39 heavy (non-hydrogen) atoms. The molecule has 3 aromatic rings. The molecular weight excluding hydrogens is 522 g/mol. The number of carboxylic acid groups (broad SMARTS) is 1. The average molecular weight is 550 g/mol. The number of carboxylic acids is 1. The van der Waals surface area contributed by atoms with Crippen molar-refractivity contribution in [2.75, 3.05) is 34.8 Å². The first-order chi connectivity index (χ1) is 18.5. The molecule has 1 atom stereocenters. The van der Waals surface area contributed by atoms with E-state index in [0.717, 1.165) is 42.9 Å². The number of carbonyl (C=O) groups excluding carboxylic acids is 1. The number of pyridine rings is 2. The lowest BCUT2D eigenvalue weighted by Crippen LogP contribution is -2.34. The highest BCUT2D eigenvalue weighted by atomic mass is 19.4. The van der Waals surface area contributed by atoms with Crippen LogP contribution in [0.4, 0.5) is 39.5 Å². The van der Waals surface area contributed by atoms with Gasteiger partial charge in [-0.1, -0.05) is 0 Å². The summed E-state index contributed by atoms with van der Waals surface area (Å²) >= 11 is 0. The number of aryl methyl sites for hydroxylation is 1. The number of nitrogens with one attached hydrogen (secondary N) is 2. The van der Waals surface area contributed by atoms with E-state index in [1.807, 2.05) is 6.92 Å². The summed E-state index contributed by atoms with van der Waals surface area (Å²) in [5.41, 5.74) is 3.67. The monoisotopic (exact) mass is 549 g/mol. The van der Waals surface area contributed by atoms with Crippen molar-refractivity contribution in [3.8, 4) is 0 Å². The highest BCUT2D eigenvalue weighted by Crippen LogP contribution is 2.36. The quantitative estimate of drug-likeness (QED) is 0.425. The maximum Gasteiger partial charge on any atom is 0.490 e. The Bertz CT molecular complexity index is 1410. The molecule has 0 bridgehead atoms. The average Bonchev–Trinajstić information content (AvgIpc) is 3.23. The van der Waals surface area contributed by atoms with E-state index >= 15 is 0 Å². The summed E-state index contributed by atoms with van der Waals surface area (Å²) in [7, 11) is 0. The van der Waals surface area contributed by atoms with E-state index in [2.05, 4.69) is 31.6 Å². The van der Waals surface area contributed by atoms with Crippen molar-refractivity contribution in [1.29, 1.82) is 0 Å². The van der Waals surface area contributed by atoms with Crippen molar-refractivity contribution >= 4 is 34.8 Å². The number of carbonyl (C=O) groups is 2. The molecule has 1 aliphatic carbocycles. The first-order valence-corrected chi connectivity index (χ1v) is 12.5. The molecule has 6 rings (SSSR count). The molecule has 2 aliphatic heterocycles. The van der Waals surface area contributed by atoms with Crippen molar-refractivity contribution in [2.45, 2.75) is 50.9 Å². The number of halogens is 4. The molecule has 0 spiro atoms. The molecule has 1 saturated carbocycles. The van der Waals surface area contributed by atoms with Gasteiger partial charge in [-0.25, -0.2) is 23.9 Å². The van der Waals surface area contributed by atoms with E-state index < -0.39 is 18.0 Å². The molecule has 3 aromatic heterocycles. The van der Waals surface area contributed by atoms with Gasteiger partial charge < -0.3 is 25.0 Å². The summed E-state index contributed by atoms with van der Waals surface area (Å²) in [6.07, 6.45) is 4.49. The summed E-state index contributed by atoms with van der Waals surface area (Å²) in [6.45, 7) is 4.35. The summed E-state index contributed by atoms with van der Waals surface area (Å²) in [4.78, 5) is 34.7. The van der Waals surface area contributed by atoms with E-state index in [1.54, 1.807) is 27.9 Å². The van der Waals surface area contributed by atoms with Gasteiger partial charge in [0.25, 0.3) is 0 Å². The zero-order valence-electron chi connectivity index (χ0n) is 21.0. The number of amides is 2. The number of fused-ring (bicyclic) bond motifs is 2. The van der Waals surface area contributed by atoms with E-state index in [-0.39, 0.29) is 11.7 Å². The number of urea groups is 1. The second-order valence-corrected chi connectivity index (χ2v) is 9.82. The van der Waals surface area contributed by atoms with Gasteiger partial charge in [0, 0.05) is 67.6 Å². The maximum atomic E-state index is 14.6. The Morgan fingerprint density at radius 2 is 1.87 bits per heavy atom. The third-order valence-electron chi connectivity index (χ3n) is 6.82. The second kappa shape index (κ2) is 10.3. The van der Waals surface area contributed by atoms with Gasteiger partial charge in [-0.3, -0.25) is 4.90 Å². The van der Waals surface area contributed by atoms with Gasteiger partial charge in [-0.05, 0) is 38.7 Å². The fourth-order valence-electron chi connectivity index (χ4n) is 4.88. The summed E-state index contributed by atoms with van der Waals surface area (Å²) < 4.78 is 48.0. The number of alkyl halides is 3. The van der Waals surface area contributed by atoms with Crippen molar-refractivity contribution in [1.82, 2.24) is 19.7 Å². The summed E-state index contributed by atoms with van der Waals surface area (Å²) in [6, 6.07) is 4.23. The highest BCUT2D eigenvalue weighted by molar-refractivity contribution is 6.03. The lowest BCUT2D eigenvalue weighted by Gasteiger charge is -2.22. The van der Waals surface area contributed by atoms with Crippen LogP contribution in [0.15, 0.2) is 30.7 Å². The van der Waals surface area contributed by atoms with E-state index in [4.69, 9.17) is 9.90 Å². The normalized spacial score (nSPS) is 18.6. The Morgan fingerprint density at radius 1 is 1.13 bits per heavy atom. The molecular formula is C25H27F4N7O3. The standard InChI is InChI=1S/C23H26FN7O.C2HF3O2/c1-14-11-30-13-19(18(24)10-21(30)26-14)28-23(32)31-9-6-17-20(4-7-25-22(17)31)29-8-5-16(12-29)27-15-2-3-15;3-2(4,5)1(6)7/h4,7,10-11,13,15-16,27H,2-3,5-6,8-9,12H2,1H3,(H,28,32);(H,6,7)/t16-;/m1./s1. The minimum absolute atomic E-state index is 0.123. The van der Waals surface area contributed by atoms with E-state index in [1.165, 1.54) is 18.9 Å². The fourth-order valence-corrected chi connectivity index (χ4v) is 4.88. The highest BCUT2D eigenvalue weighted by Gasteiger charge is 2.38. The molecule has 2 amide bonds. The lowest BCUT2D eigenvalue weighted by molar-refractivity contribution is -0.192. The largest absolute Gasteiger partial charge is 0.490 e. The van der Waals surface area contributed by atoms with Crippen LogP contribution in [0.1, 0.15) is 30.5 Å². The fraction of sp³-hybridized carbons (Fsp3) is 0.440. The van der Waals surface area contributed by atoms with Gasteiger partial charge in [0.15, 0.2) is 5.82 Å². The SMILES string of the molecule is Cc1cn2cc(NC(=O)N3CCc4c(N5CC[C@@H](NC6CC6)C5)ccnc43)c(F)cc2n1.O=C(O)C(F)(F)F. The molecule has 2 fully saturated rings. The number of imidazole rings is 1. The maximum absolute atomic E-state index is 14.6. The predicted octanol–water partition coefficient (Wildman–Crippen LogP) is 3.74. The van der Waals surface area contributed by atoms with Crippen molar-refractivity contribution in [3.05, 3.63) is 47.8 Å². The van der Waals surface area contributed by atoms with Crippen LogP contribution in [0.5, 0.6) is 0 Å². The van der Waals surface area contributed by atoms with Crippen LogP contribution in [0, 0.1) is 12.7 Å². The molecule has 208 valence electrons. The van der Waals surface area contributed by atoms with Crippen LogP contribution in [0.3, 0.4) is 0 Å². The Labute approximate surface area is 220 Å². The smallest absolute Gasteiger partial charge is 0.475 e. The minimum Gasteiger partial charge on any atom is -0.475 e. The molecule has 0 aromatic carbocycles. The Morgan fingerprint density at radius 3 is 2.56 bits per heavy atom. The number of aliphatic carboxylic acids is 1. The van der Waals surface area contributed by atoms with Crippen LogP contribution >= 0.6 is 0 Å². The topological polar surface area (TPSA) is 115 Å². The zero-order valence-corrected chi connectivity index (χ0v) is 21.0. The first-order valence-electron chi connectivity index (χ1n) is 12.5. The van der Waals surface area contributed by atoms with Crippen LogP contribution in [-0.2, 0) is 11.2 Å². The number of hydrogen-bond acceptors (Lipinski definition) is 6. The molecule has 0 radical (unpaired) electrons. The van der Waals surface area contributed by atoms with Crippen LogP contribution in [0.25, 0.3) is 5.65 Å².